The number of hydrogen-bond donors (Lipinski definition) is 0. The minimum absolute atomic E-state index is 0.287. The summed E-state index contributed by atoms with van der Waals surface area (Å²) in [7, 11) is 0. The first-order valence-electron chi connectivity index (χ1n) is 12.1. The number of rotatable bonds is 13. The van der Waals surface area contributed by atoms with Gasteiger partial charge in [-0.1, -0.05) is 70.9 Å². The summed E-state index contributed by atoms with van der Waals surface area (Å²) >= 11 is 0. The van der Waals surface area contributed by atoms with Crippen LogP contribution in [0.1, 0.15) is 82.8 Å². The molecule has 3 rings (SSSR count). The van der Waals surface area contributed by atoms with E-state index in [1.54, 1.807) is 12.1 Å². The molecular formula is C27H36F2O2. The molecule has 0 aromatic heterocycles. The molecule has 0 unspecified atom stereocenters. The lowest BCUT2D eigenvalue weighted by Gasteiger charge is -2.23. The summed E-state index contributed by atoms with van der Waals surface area (Å²) in [5.74, 6) is -0.00943. The maximum Gasteiger partial charge on any atom is 0.168 e. The summed E-state index contributed by atoms with van der Waals surface area (Å²) in [5, 5.41) is 0. The van der Waals surface area contributed by atoms with E-state index in [2.05, 4.69) is 6.92 Å². The lowest BCUT2D eigenvalue weighted by molar-refractivity contribution is 0.289. The lowest BCUT2D eigenvalue weighted by Crippen LogP contribution is -2.11. The second kappa shape index (κ2) is 12.1. The van der Waals surface area contributed by atoms with Crippen molar-refractivity contribution in [2.45, 2.75) is 84.5 Å². The fourth-order valence-electron chi connectivity index (χ4n) is 4.30. The molecule has 0 amide bonds. The average molecular weight is 431 g/mol. The normalized spacial score (nSPS) is 12.4. The summed E-state index contributed by atoms with van der Waals surface area (Å²) < 4.78 is 41.2. The van der Waals surface area contributed by atoms with Gasteiger partial charge in [-0.2, -0.15) is 0 Å². The van der Waals surface area contributed by atoms with Crippen LogP contribution in [-0.2, 0) is 12.8 Å². The third kappa shape index (κ3) is 5.99. The van der Waals surface area contributed by atoms with E-state index in [4.69, 9.17) is 9.47 Å². The Kier molecular flexibility index (Phi) is 9.17. The first-order valence-corrected chi connectivity index (χ1v) is 12.1. The van der Waals surface area contributed by atoms with E-state index >= 15 is 4.39 Å². The van der Waals surface area contributed by atoms with Gasteiger partial charge < -0.3 is 9.47 Å². The summed E-state index contributed by atoms with van der Waals surface area (Å²) in [4.78, 5) is 0. The Morgan fingerprint density at radius 3 is 1.61 bits per heavy atom. The van der Waals surface area contributed by atoms with Crippen LogP contribution in [0.15, 0.2) is 24.3 Å². The Morgan fingerprint density at radius 1 is 0.613 bits per heavy atom. The minimum Gasteiger partial charge on any atom is -0.491 e. The van der Waals surface area contributed by atoms with Gasteiger partial charge in [-0.25, -0.2) is 8.78 Å². The zero-order chi connectivity index (χ0) is 22.1. The summed E-state index contributed by atoms with van der Waals surface area (Å²) in [6.45, 7) is 5.24. The predicted octanol–water partition coefficient (Wildman–Crippen LogP) is 8.04. The third-order valence-electron chi connectivity index (χ3n) is 6.05. The van der Waals surface area contributed by atoms with E-state index in [0.29, 0.717) is 42.9 Å². The SMILES string of the molecule is CCCCCCCCCCOc1ccc2c(c1F)CCc1c-2ccc(OCCC)c1F. The van der Waals surface area contributed by atoms with Crippen LogP contribution < -0.4 is 9.47 Å². The smallest absolute Gasteiger partial charge is 0.168 e. The zero-order valence-electron chi connectivity index (χ0n) is 19.1. The van der Waals surface area contributed by atoms with E-state index in [-0.39, 0.29) is 17.4 Å². The Labute approximate surface area is 186 Å². The maximum absolute atomic E-state index is 15.1. The quantitative estimate of drug-likeness (QED) is 0.299. The van der Waals surface area contributed by atoms with Gasteiger partial charge in [0.05, 0.1) is 13.2 Å². The Balaban J connectivity index is 1.58. The summed E-state index contributed by atoms with van der Waals surface area (Å²) in [6, 6.07) is 7.06. The molecule has 2 nitrogen and oxygen atoms in total. The van der Waals surface area contributed by atoms with Crippen LogP contribution in [0.2, 0.25) is 0 Å². The van der Waals surface area contributed by atoms with E-state index in [0.717, 1.165) is 30.4 Å². The molecule has 0 saturated carbocycles. The van der Waals surface area contributed by atoms with Gasteiger partial charge in [0.25, 0.3) is 0 Å². The Bertz CT molecular complexity index is 848. The molecule has 2 aromatic rings. The molecule has 2 aromatic carbocycles. The van der Waals surface area contributed by atoms with E-state index in [1.165, 1.54) is 38.5 Å². The van der Waals surface area contributed by atoms with Crippen molar-refractivity contribution in [1.29, 1.82) is 0 Å². The highest BCUT2D eigenvalue weighted by atomic mass is 19.1. The lowest BCUT2D eigenvalue weighted by atomic mass is 9.84. The molecule has 1 aliphatic carbocycles. The molecule has 0 heterocycles. The number of unbranched alkanes of at least 4 members (excludes halogenated alkanes) is 7. The molecule has 0 radical (unpaired) electrons. The van der Waals surface area contributed by atoms with Gasteiger partial charge in [0.2, 0.25) is 0 Å². The maximum atomic E-state index is 15.1. The van der Waals surface area contributed by atoms with Crippen molar-refractivity contribution in [2.24, 2.45) is 0 Å². The van der Waals surface area contributed by atoms with E-state index < -0.39 is 0 Å². The average Bonchev–Trinajstić information content (AvgIpc) is 2.78. The Morgan fingerprint density at radius 2 is 1.10 bits per heavy atom. The molecule has 0 bridgehead atoms. The molecule has 0 saturated heterocycles. The van der Waals surface area contributed by atoms with Gasteiger partial charge in [-0.15, -0.1) is 0 Å². The van der Waals surface area contributed by atoms with Crippen molar-refractivity contribution < 1.29 is 18.3 Å². The molecule has 0 atom stereocenters. The highest BCUT2D eigenvalue weighted by Gasteiger charge is 2.25. The molecule has 0 aliphatic heterocycles. The van der Waals surface area contributed by atoms with Gasteiger partial charge >= 0.3 is 0 Å². The zero-order valence-corrected chi connectivity index (χ0v) is 19.1. The summed E-state index contributed by atoms with van der Waals surface area (Å²) in [5.41, 5.74) is 2.77. The van der Waals surface area contributed by atoms with Crippen LogP contribution in [0.4, 0.5) is 8.78 Å². The molecule has 0 N–H and O–H groups in total. The van der Waals surface area contributed by atoms with Crippen molar-refractivity contribution in [3.63, 3.8) is 0 Å². The summed E-state index contributed by atoms with van der Waals surface area (Å²) in [6.07, 6.45) is 11.5. The van der Waals surface area contributed by atoms with Crippen molar-refractivity contribution >= 4 is 0 Å². The highest BCUT2D eigenvalue weighted by molar-refractivity contribution is 5.75. The monoisotopic (exact) mass is 430 g/mol. The Hall–Kier alpha value is -2.10. The predicted molar refractivity (Wildman–Crippen MR) is 123 cm³/mol. The van der Waals surface area contributed by atoms with Crippen molar-refractivity contribution in [3.8, 4) is 22.6 Å². The largest absolute Gasteiger partial charge is 0.491 e. The van der Waals surface area contributed by atoms with E-state index in [9.17, 15) is 4.39 Å². The number of benzene rings is 2. The molecule has 0 spiro atoms. The molecule has 1 aliphatic rings. The van der Waals surface area contributed by atoms with Crippen LogP contribution in [0.3, 0.4) is 0 Å². The molecule has 31 heavy (non-hydrogen) atoms. The van der Waals surface area contributed by atoms with Crippen molar-refractivity contribution in [3.05, 3.63) is 47.0 Å². The minimum atomic E-state index is -0.313. The molecule has 170 valence electrons. The highest BCUT2D eigenvalue weighted by Crippen LogP contribution is 2.40. The van der Waals surface area contributed by atoms with Crippen LogP contribution in [-0.4, -0.2) is 13.2 Å². The number of fused-ring (bicyclic) bond motifs is 3. The van der Waals surface area contributed by atoms with E-state index in [1.807, 2.05) is 19.1 Å². The van der Waals surface area contributed by atoms with Crippen molar-refractivity contribution in [2.75, 3.05) is 13.2 Å². The van der Waals surface area contributed by atoms with Gasteiger partial charge in [0.1, 0.15) is 0 Å². The molecule has 4 heteroatoms. The number of hydrogen-bond acceptors (Lipinski definition) is 2. The molecular weight excluding hydrogens is 394 g/mol. The van der Waals surface area contributed by atoms with Crippen LogP contribution in [0.5, 0.6) is 11.5 Å². The van der Waals surface area contributed by atoms with Crippen LogP contribution in [0.25, 0.3) is 11.1 Å². The van der Waals surface area contributed by atoms with Gasteiger partial charge in [0, 0.05) is 0 Å². The second-order valence-corrected chi connectivity index (χ2v) is 8.48. The van der Waals surface area contributed by atoms with Crippen LogP contribution >= 0.6 is 0 Å². The topological polar surface area (TPSA) is 18.5 Å². The first kappa shape index (κ1) is 23.6. The third-order valence-corrected chi connectivity index (χ3v) is 6.05. The van der Waals surface area contributed by atoms with Crippen molar-refractivity contribution in [1.82, 2.24) is 0 Å². The van der Waals surface area contributed by atoms with Gasteiger partial charge in [0.15, 0.2) is 23.1 Å². The molecule has 0 fully saturated rings. The number of ether oxygens (including phenoxy) is 2. The second-order valence-electron chi connectivity index (χ2n) is 8.48. The standard InChI is InChI=1S/C27H36F2O2/c1-3-5-6-7-8-9-10-11-19-31-25-17-15-21-20-14-16-24(30-18-4-2)26(28)22(20)12-13-23(21)27(25)29/h14-17H,3-13,18-19H2,1-2H3. The number of halogens is 2. The first-order chi connectivity index (χ1) is 15.2. The fourth-order valence-corrected chi connectivity index (χ4v) is 4.30. The fraction of sp³-hybridized carbons (Fsp3) is 0.556. The van der Waals surface area contributed by atoms with Crippen LogP contribution in [0, 0.1) is 11.6 Å². The van der Waals surface area contributed by atoms with Gasteiger partial charge in [-0.05, 0) is 60.1 Å². The van der Waals surface area contributed by atoms with Gasteiger partial charge in [-0.3, -0.25) is 0 Å².